The molecule has 63 nitrogen and oxygen atoms in total. The molecule has 1 unspecified atom stereocenters. The first-order chi connectivity index (χ1) is 65.9. The molecule has 0 spiro atoms. The number of carbonyl (C=O) groups is 2. The van der Waals surface area contributed by atoms with E-state index in [0.29, 0.717) is 0 Å². The van der Waals surface area contributed by atoms with E-state index in [4.69, 9.17) is 109 Å². The first-order valence-corrected chi connectivity index (χ1v) is 44.2. The van der Waals surface area contributed by atoms with Crippen LogP contribution in [0.2, 0.25) is 0 Å². The molecule has 12 aliphatic rings. The monoisotopic (exact) mass is 2040 g/mol. The predicted octanol–water partition coefficient (Wildman–Crippen LogP) is -26.9. The van der Waals surface area contributed by atoms with Crippen LogP contribution in [0.1, 0.15) is 13.8 Å². The Kier molecular flexibility index (Phi) is 41.0. The number of aliphatic hydroxyl groups is 36. The Morgan fingerprint density at radius 1 is 0.187 bits per heavy atom. The van der Waals surface area contributed by atoms with Crippen molar-refractivity contribution in [2.45, 2.75) is 382 Å². The van der Waals surface area contributed by atoms with Crippen molar-refractivity contribution in [1.29, 1.82) is 0 Å². The Bertz CT molecular complexity index is 3730. The Hall–Kier alpha value is -3.42. The van der Waals surface area contributed by atoms with Crippen LogP contribution in [0.15, 0.2) is 0 Å². The molecule has 12 aliphatic heterocycles. The van der Waals surface area contributed by atoms with Crippen LogP contribution in [0.3, 0.4) is 0 Å². The number of ether oxygens (including phenoxy) is 23. The zero-order valence-electron chi connectivity index (χ0n) is 73.4. The molecule has 12 saturated heterocycles. The molecular weight excluding hydrogens is 1920 g/mol. The number of rotatable bonds is 36. The van der Waals surface area contributed by atoms with Gasteiger partial charge < -0.3 is 303 Å². The Labute approximate surface area is 784 Å². The van der Waals surface area contributed by atoms with Gasteiger partial charge in [0.15, 0.2) is 75.5 Å². The summed E-state index contributed by atoms with van der Waals surface area (Å²) >= 11 is 0. The molecule has 0 aromatic heterocycles. The summed E-state index contributed by atoms with van der Waals surface area (Å²) in [5.74, 6) is -1.87. The van der Waals surface area contributed by atoms with Crippen molar-refractivity contribution in [3.05, 3.63) is 0 Å². The third kappa shape index (κ3) is 24.5. The fraction of sp³-hybridized carbons (Fsp3) is 0.974. The average Bonchev–Trinajstić information content (AvgIpc) is 0.753. The molecule has 60 atom stereocenters. The number of hydrogen-bond acceptors (Lipinski definition) is 61. The van der Waals surface area contributed by atoms with Crippen molar-refractivity contribution in [3.8, 4) is 0 Å². The quantitative estimate of drug-likeness (QED) is 0.0277. The number of hydrogen-bond donors (Lipinski definition) is 38. The average molecular weight is 2050 g/mol. The fourth-order valence-electron chi connectivity index (χ4n) is 17.9. The van der Waals surface area contributed by atoms with Crippen molar-refractivity contribution in [2.75, 3.05) is 79.3 Å². The normalized spacial score (nSPS) is 51.9. The van der Waals surface area contributed by atoms with E-state index in [2.05, 4.69) is 10.6 Å². The molecular formula is C76H128N2O61. The van der Waals surface area contributed by atoms with Crippen LogP contribution < -0.4 is 10.6 Å². The maximum absolute atomic E-state index is 13.2. The molecule has 2 amide bonds. The van der Waals surface area contributed by atoms with Gasteiger partial charge in [-0.1, -0.05) is 0 Å². The second kappa shape index (κ2) is 49.8. The molecule has 63 heteroatoms. The molecule has 139 heavy (non-hydrogen) atoms. The van der Waals surface area contributed by atoms with Gasteiger partial charge in [0.25, 0.3) is 0 Å². The first-order valence-electron chi connectivity index (χ1n) is 44.2. The van der Waals surface area contributed by atoms with Gasteiger partial charge in [-0.05, 0) is 0 Å². The molecule has 12 fully saturated rings. The standard InChI is InChI=1S/C76H128N2O61/c1-15(89)77-29-41(101)56(25(11-87)119-65(29)116)131-66-30(78-16(2)90)42(102)57(26(12-88)128-66)132-70-54(114)58(39(99)27(129-70)13-117-72-60(46(106)34(94)20(6-82)123-72)138-75-63(49(109)37(97)23(9-85)126-75)136-68-52(112)44(104)32(92)18(4-80)121-68)133-71-55(115)59(134-74-62(48(108)36(96)22(8-84)125-74)135-67-51(111)43(103)31(91)17(3-79)120-67)40(100)28(130-71)14-118-73-61(47(107)35(95)21(7-83)124-73)139-76-64(50(110)38(98)24(10-86)127-76)137-69-53(113)45(105)33(93)19(5-81)122-69/h17-76,79-88,91-116H,3-14H2,1-2H3,(H,77,89)(H,78,90)/t17-,18-,19-,20-,21-,22-,23-,24-,25-,26-,27-,28-,29-,30-,31-,32-,33-,34-,35-,36-,37-,38-,39-,40-,41-,42-,43+,44+,45+,46+,47+,48+,49+,50+,51+,52+,53+,54+,55+,56-,57-,58+,59+,60+,61+,62+,63+,64+,65?,66+,67-,68-,69-,70+,71-,72+,73+,74-,75-,76-/m1/s1. The summed E-state index contributed by atoms with van der Waals surface area (Å²) < 4.78 is 136. The second-order valence-corrected chi connectivity index (χ2v) is 35.2. The molecule has 0 radical (unpaired) electrons. The summed E-state index contributed by atoms with van der Waals surface area (Å²) in [5.41, 5.74) is 0. The van der Waals surface area contributed by atoms with Crippen molar-refractivity contribution in [2.24, 2.45) is 0 Å². The second-order valence-electron chi connectivity index (χ2n) is 35.2. The molecule has 0 aliphatic carbocycles. The topological polar surface area (TPSA) is 999 Å². The van der Waals surface area contributed by atoms with Gasteiger partial charge in [-0.3, -0.25) is 9.59 Å². The Morgan fingerprint density at radius 3 is 0.683 bits per heavy atom. The van der Waals surface area contributed by atoms with Gasteiger partial charge in [0.1, 0.15) is 293 Å². The summed E-state index contributed by atoms with van der Waals surface area (Å²) in [5, 5.41) is 408. The minimum absolute atomic E-state index is 0.842. The molecule has 0 saturated carbocycles. The number of nitrogens with one attached hydrogen (secondary N) is 2. The van der Waals surface area contributed by atoms with E-state index in [1.165, 1.54) is 0 Å². The number of carbonyl (C=O) groups excluding carboxylic acids is 2. The minimum Gasteiger partial charge on any atom is -0.394 e. The first kappa shape index (κ1) is 114. The van der Waals surface area contributed by atoms with Crippen molar-refractivity contribution in [1.82, 2.24) is 10.6 Å². The summed E-state index contributed by atoms with van der Waals surface area (Å²) in [6.45, 7) is -12.5. The van der Waals surface area contributed by atoms with E-state index >= 15 is 0 Å². The summed E-state index contributed by atoms with van der Waals surface area (Å²) in [6.07, 6.45) is -131. The van der Waals surface area contributed by atoms with E-state index in [9.17, 15) is 193 Å². The highest BCUT2D eigenvalue weighted by Crippen LogP contribution is 2.43. The lowest BCUT2D eigenvalue weighted by Gasteiger charge is -2.51. The highest BCUT2D eigenvalue weighted by Gasteiger charge is 2.64. The van der Waals surface area contributed by atoms with Crippen LogP contribution >= 0.6 is 0 Å². The minimum atomic E-state index is -2.82. The third-order valence-electron chi connectivity index (χ3n) is 25.9. The molecule has 0 aromatic rings. The van der Waals surface area contributed by atoms with Gasteiger partial charge in [0.05, 0.1) is 79.3 Å². The van der Waals surface area contributed by atoms with Crippen molar-refractivity contribution >= 4 is 11.8 Å². The molecule has 0 aromatic carbocycles. The maximum atomic E-state index is 13.2. The van der Waals surface area contributed by atoms with Crippen LogP contribution in [0.5, 0.6) is 0 Å². The van der Waals surface area contributed by atoms with Gasteiger partial charge in [0, 0.05) is 13.8 Å². The fourth-order valence-corrected chi connectivity index (χ4v) is 17.9. The van der Waals surface area contributed by atoms with Crippen LogP contribution in [-0.4, -0.2) is 643 Å². The molecule has 12 heterocycles. The summed E-state index contributed by atoms with van der Waals surface area (Å²) in [7, 11) is 0. The van der Waals surface area contributed by atoms with Crippen molar-refractivity contribution < 1.29 is 302 Å². The molecule has 808 valence electrons. The van der Waals surface area contributed by atoms with E-state index in [-0.39, 0.29) is 0 Å². The van der Waals surface area contributed by atoms with Gasteiger partial charge in [-0.15, -0.1) is 0 Å². The van der Waals surface area contributed by atoms with Crippen LogP contribution in [0.4, 0.5) is 0 Å². The Morgan fingerprint density at radius 2 is 0.388 bits per heavy atom. The van der Waals surface area contributed by atoms with Gasteiger partial charge in [-0.25, -0.2) is 0 Å². The van der Waals surface area contributed by atoms with Crippen LogP contribution in [-0.2, 0) is 119 Å². The lowest BCUT2D eigenvalue weighted by Crippen LogP contribution is -2.70. The number of amides is 2. The van der Waals surface area contributed by atoms with E-state index in [1.54, 1.807) is 0 Å². The van der Waals surface area contributed by atoms with E-state index < -0.39 is 459 Å². The van der Waals surface area contributed by atoms with Crippen LogP contribution in [0, 0.1) is 0 Å². The summed E-state index contributed by atoms with van der Waals surface area (Å²) in [4.78, 5) is 25.5. The zero-order chi connectivity index (χ0) is 102. The largest absolute Gasteiger partial charge is 0.394 e. The van der Waals surface area contributed by atoms with Crippen molar-refractivity contribution in [3.63, 3.8) is 0 Å². The Balaban J connectivity index is 0.922. The smallest absolute Gasteiger partial charge is 0.217 e. The highest BCUT2D eigenvalue weighted by atomic mass is 16.8. The number of aliphatic hydroxyl groups excluding tert-OH is 36. The SMILES string of the molecule is CC(=O)N[C@H]1[C@H](O[C@H]2[C@H](O)[C@@H](NC(C)=O)C(O)O[C@@H]2CO)O[C@H](CO)[C@@H](O[C@@H]2O[C@H](CO[C@H]3O[C@H](CO)[C@@H](O)[C@H](O)[C@@H]3O[C@H]3O[C@H](CO)[C@@H](O)[C@H](O)[C@@H]3O[C@H]3O[C@H](CO)[C@@H](O)[C@H](O)[C@@H]3O)[C@@H](O)[C@H](O[C@H]3O[C@H](CO[C@H]4O[C@H](CO)[C@@H](O)[C@H](O)[C@@H]4O[C@H]4O[C@H](CO)[C@@H](O)[C@H](O)[C@@H]4O[C@H]4O[C@H](CO)[C@@H](O)[C@H](O)[C@@H]4O)[C@@H](O)[C@H](O[C@H]4O[C@H](CO)[C@@H](O)[C@H](O)[C@@H]4O[C@H]4O[C@H](CO)[C@@H](O)[C@H](O)[C@@H]4O)[C@@H]3O)[C@@H]2O)[C@@H]1O. The third-order valence-corrected chi connectivity index (χ3v) is 25.9. The highest BCUT2D eigenvalue weighted by molar-refractivity contribution is 5.73. The van der Waals surface area contributed by atoms with Gasteiger partial charge >= 0.3 is 0 Å². The lowest BCUT2D eigenvalue weighted by atomic mass is 9.94. The zero-order valence-corrected chi connectivity index (χ0v) is 73.4. The van der Waals surface area contributed by atoms with E-state index in [1.807, 2.05) is 0 Å². The molecule has 38 N–H and O–H groups in total. The predicted molar refractivity (Wildman–Crippen MR) is 418 cm³/mol. The van der Waals surface area contributed by atoms with Crippen LogP contribution in [0.25, 0.3) is 0 Å². The van der Waals surface area contributed by atoms with Gasteiger partial charge in [0.2, 0.25) is 11.8 Å². The molecule has 12 rings (SSSR count). The summed E-state index contributed by atoms with van der Waals surface area (Å²) in [6, 6.07) is -3.78. The maximum Gasteiger partial charge on any atom is 0.217 e. The van der Waals surface area contributed by atoms with Gasteiger partial charge in [-0.2, -0.15) is 0 Å². The lowest BCUT2D eigenvalue weighted by molar-refractivity contribution is -0.407. The molecule has 0 bridgehead atoms. The van der Waals surface area contributed by atoms with E-state index in [0.717, 1.165) is 13.8 Å².